The first-order valence-electron chi connectivity index (χ1n) is 5.25. The van der Waals surface area contributed by atoms with Gasteiger partial charge in [0.2, 0.25) is 0 Å². The van der Waals surface area contributed by atoms with E-state index in [2.05, 4.69) is 10.1 Å². The first-order chi connectivity index (χ1) is 8.40. The smallest absolute Gasteiger partial charge is 0.411 e. The zero-order valence-electron chi connectivity index (χ0n) is 9.50. The molecule has 1 aromatic carbocycles. The quantitative estimate of drug-likeness (QED) is 0.542. The van der Waals surface area contributed by atoms with Crippen molar-refractivity contribution in [2.75, 3.05) is 19.8 Å². The molecule has 4 nitrogen and oxygen atoms in total. The fourth-order valence-electron chi connectivity index (χ4n) is 1.28. The molecule has 0 radical (unpaired) electrons. The van der Waals surface area contributed by atoms with Crippen molar-refractivity contribution in [3.05, 3.63) is 23.8 Å². The van der Waals surface area contributed by atoms with Crippen molar-refractivity contribution in [1.29, 1.82) is 0 Å². The number of ether oxygens (including phenoxy) is 1. The van der Waals surface area contributed by atoms with E-state index in [4.69, 9.17) is 0 Å². The molecular weight excluding hydrogens is 251 g/mol. The molecule has 0 saturated heterocycles. The minimum Gasteiger partial charge on any atom is -0.504 e. The number of phenols is 2. The molecule has 0 atom stereocenters. The number of aromatic hydroxyl groups is 2. The van der Waals surface area contributed by atoms with Gasteiger partial charge in [0.1, 0.15) is 6.61 Å². The van der Waals surface area contributed by atoms with Gasteiger partial charge < -0.3 is 20.3 Å². The molecule has 0 fully saturated rings. The molecular formula is C11H14F3NO3. The Bertz CT molecular complexity index is 382. The predicted octanol–water partition coefficient (Wildman–Crippen LogP) is 1.77. The van der Waals surface area contributed by atoms with Gasteiger partial charge in [0.05, 0.1) is 6.61 Å². The number of hydrogen-bond donors (Lipinski definition) is 3. The van der Waals surface area contributed by atoms with Crippen LogP contribution in [0.25, 0.3) is 0 Å². The van der Waals surface area contributed by atoms with Gasteiger partial charge in [-0.3, -0.25) is 0 Å². The molecule has 1 rings (SSSR count). The molecule has 0 aliphatic rings. The van der Waals surface area contributed by atoms with Gasteiger partial charge in [-0.25, -0.2) is 0 Å². The Morgan fingerprint density at radius 1 is 1.22 bits per heavy atom. The third kappa shape index (κ3) is 5.24. The van der Waals surface area contributed by atoms with E-state index in [1.54, 1.807) is 12.1 Å². The topological polar surface area (TPSA) is 61.7 Å². The third-order valence-corrected chi connectivity index (χ3v) is 2.10. The van der Waals surface area contributed by atoms with Crippen molar-refractivity contribution in [1.82, 2.24) is 5.32 Å². The van der Waals surface area contributed by atoms with E-state index >= 15 is 0 Å². The molecule has 0 amide bonds. The summed E-state index contributed by atoms with van der Waals surface area (Å²) in [5, 5.41) is 21.4. The number of para-hydroxylation sites is 1. The number of hydrogen-bond acceptors (Lipinski definition) is 4. The van der Waals surface area contributed by atoms with Gasteiger partial charge in [-0.1, -0.05) is 12.1 Å². The highest BCUT2D eigenvalue weighted by Gasteiger charge is 2.27. The van der Waals surface area contributed by atoms with Crippen LogP contribution in [0, 0.1) is 0 Å². The summed E-state index contributed by atoms with van der Waals surface area (Å²) in [4.78, 5) is 0. The Balaban J connectivity index is 2.20. The van der Waals surface area contributed by atoms with E-state index in [9.17, 15) is 23.4 Å². The molecule has 0 aromatic heterocycles. The molecule has 0 aliphatic heterocycles. The van der Waals surface area contributed by atoms with Crippen molar-refractivity contribution in [2.24, 2.45) is 0 Å². The molecule has 7 heteroatoms. The second-order valence-corrected chi connectivity index (χ2v) is 3.63. The Kier molecular flexibility index (Phi) is 5.24. The molecule has 18 heavy (non-hydrogen) atoms. The number of halogens is 3. The van der Waals surface area contributed by atoms with E-state index in [0.717, 1.165) is 0 Å². The highest BCUT2D eigenvalue weighted by Crippen LogP contribution is 2.27. The van der Waals surface area contributed by atoms with Gasteiger partial charge >= 0.3 is 6.18 Å². The monoisotopic (exact) mass is 265 g/mol. The van der Waals surface area contributed by atoms with E-state index in [1.165, 1.54) is 6.07 Å². The lowest BCUT2D eigenvalue weighted by Gasteiger charge is -2.09. The molecule has 1 aromatic rings. The summed E-state index contributed by atoms with van der Waals surface area (Å²) >= 11 is 0. The van der Waals surface area contributed by atoms with Crippen molar-refractivity contribution in [3.63, 3.8) is 0 Å². The van der Waals surface area contributed by atoms with Crippen molar-refractivity contribution in [3.8, 4) is 11.5 Å². The summed E-state index contributed by atoms with van der Waals surface area (Å²) in [5.74, 6) is -0.469. The van der Waals surface area contributed by atoms with Gasteiger partial charge in [-0.2, -0.15) is 13.2 Å². The minimum atomic E-state index is -4.32. The maximum Gasteiger partial charge on any atom is 0.411 e. The molecule has 102 valence electrons. The summed E-state index contributed by atoms with van der Waals surface area (Å²) in [7, 11) is 0. The highest BCUT2D eigenvalue weighted by molar-refractivity contribution is 5.44. The molecule has 0 saturated carbocycles. The maximum absolute atomic E-state index is 11.7. The Labute approximate surface area is 102 Å². The van der Waals surface area contributed by atoms with Gasteiger partial charge in [0.25, 0.3) is 0 Å². The van der Waals surface area contributed by atoms with Crippen LogP contribution in [0.3, 0.4) is 0 Å². The van der Waals surface area contributed by atoms with Crippen LogP contribution >= 0.6 is 0 Å². The van der Waals surface area contributed by atoms with Crippen LogP contribution in [0.2, 0.25) is 0 Å². The molecule has 0 unspecified atom stereocenters. The predicted molar refractivity (Wildman–Crippen MR) is 58.4 cm³/mol. The van der Waals surface area contributed by atoms with Crippen LogP contribution in [0.1, 0.15) is 5.56 Å². The van der Waals surface area contributed by atoms with Crippen molar-refractivity contribution < 1.29 is 28.1 Å². The first-order valence-corrected chi connectivity index (χ1v) is 5.25. The second-order valence-electron chi connectivity index (χ2n) is 3.63. The summed E-state index contributed by atoms with van der Waals surface area (Å²) in [6, 6.07) is 4.50. The van der Waals surface area contributed by atoms with Crippen LogP contribution in [-0.4, -0.2) is 36.1 Å². The molecule has 0 aliphatic carbocycles. The number of nitrogens with one attached hydrogen (secondary N) is 1. The summed E-state index contributed by atoms with van der Waals surface area (Å²) < 4.78 is 39.6. The van der Waals surface area contributed by atoms with Crippen LogP contribution < -0.4 is 5.32 Å². The maximum atomic E-state index is 11.7. The Morgan fingerprint density at radius 3 is 2.61 bits per heavy atom. The number of rotatable bonds is 6. The number of phenolic OH excluding ortho intramolecular Hbond substituents is 2. The summed E-state index contributed by atoms with van der Waals surface area (Å²) in [6.45, 7) is -0.911. The molecule has 0 spiro atoms. The van der Waals surface area contributed by atoms with Crippen molar-refractivity contribution in [2.45, 2.75) is 12.7 Å². The van der Waals surface area contributed by atoms with E-state index in [1.807, 2.05) is 0 Å². The fraction of sp³-hybridized carbons (Fsp3) is 0.455. The molecule has 0 heterocycles. The number of benzene rings is 1. The fourth-order valence-corrected chi connectivity index (χ4v) is 1.28. The van der Waals surface area contributed by atoms with E-state index in [0.29, 0.717) is 5.56 Å². The van der Waals surface area contributed by atoms with Crippen LogP contribution in [0.15, 0.2) is 18.2 Å². The Morgan fingerprint density at radius 2 is 1.94 bits per heavy atom. The SMILES string of the molecule is Oc1cccc(CNCCOCC(F)(F)F)c1O. The number of alkyl halides is 3. The van der Waals surface area contributed by atoms with Crippen molar-refractivity contribution >= 4 is 0 Å². The zero-order chi connectivity index (χ0) is 13.6. The highest BCUT2D eigenvalue weighted by atomic mass is 19.4. The lowest BCUT2D eigenvalue weighted by Crippen LogP contribution is -2.23. The summed E-state index contributed by atoms with van der Waals surface area (Å²) in [6.07, 6.45) is -4.32. The van der Waals surface area contributed by atoms with E-state index < -0.39 is 12.8 Å². The largest absolute Gasteiger partial charge is 0.504 e. The van der Waals surface area contributed by atoms with Crippen LogP contribution in [-0.2, 0) is 11.3 Å². The standard InChI is InChI=1S/C11H14F3NO3/c12-11(13,14)7-18-5-4-15-6-8-2-1-3-9(16)10(8)17/h1-3,15-17H,4-7H2. The van der Waals surface area contributed by atoms with Crippen LogP contribution in [0.4, 0.5) is 13.2 Å². The lowest BCUT2D eigenvalue weighted by molar-refractivity contribution is -0.173. The Hall–Kier alpha value is -1.47. The molecule has 0 bridgehead atoms. The summed E-state index contributed by atoms with van der Waals surface area (Å²) in [5.41, 5.74) is 0.464. The first kappa shape index (κ1) is 14.6. The average molecular weight is 265 g/mol. The normalized spacial score (nSPS) is 11.7. The lowest BCUT2D eigenvalue weighted by atomic mass is 10.2. The van der Waals surface area contributed by atoms with Gasteiger partial charge in [0, 0.05) is 18.7 Å². The zero-order valence-corrected chi connectivity index (χ0v) is 9.50. The van der Waals surface area contributed by atoms with Crippen LogP contribution in [0.5, 0.6) is 11.5 Å². The molecule has 3 N–H and O–H groups in total. The van der Waals surface area contributed by atoms with Gasteiger partial charge in [-0.05, 0) is 6.07 Å². The van der Waals surface area contributed by atoms with E-state index in [-0.39, 0.29) is 31.2 Å². The minimum absolute atomic E-state index is 0.0842. The third-order valence-electron chi connectivity index (χ3n) is 2.10. The van der Waals surface area contributed by atoms with Gasteiger partial charge in [-0.15, -0.1) is 0 Å². The second kappa shape index (κ2) is 6.46. The average Bonchev–Trinajstić information content (AvgIpc) is 2.27. The van der Waals surface area contributed by atoms with Gasteiger partial charge in [0.15, 0.2) is 11.5 Å².